The average molecular weight is 267 g/mol. The molecular formula is C13H15F2N3O. The lowest BCUT2D eigenvalue weighted by molar-refractivity contribution is 0.201. The monoisotopic (exact) mass is 267 g/mol. The van der Waals surface area contributed by atoms with E-state index in [0.717, 1.165) is 37.7 Å². The molecule has 2 aliphatic heterocycles. The molecule has 6 heteroatoms. The Hall–Kier alpha value is -1.69. The minimum absolute atomic E-state index is 0.140. The zero-order valence-corrected chi connectivity index (χ0v) is 10.3. The van der Waals surface area contributed by atoms with E-state index in [1.807, 2.05) is 0 Å². The van der Waals surface area contributed by atoms with Crippen LogP contribution in [-0.2, 0) is 0 Å². The number of carbonyl (C=O) groups excluding carboxylic acids is 1. The Bertz CT molecular complexity index is 503. The summed E-state index contributed by atoms with van der Waals surface area (Å²) in [6, 6.07) is 2.77. The Morgan fingerprint density at radius 1 is 1.32 bits per heavy atom. The van der Waals surface area contributed by atoms with Gasteiger partial charge in [0.05, 0.1) is 6.04 Å². The predicted molar refractivity (Wildman–Crippen MR) is 65.6 cm³/mol. The topological polar surface area (TPSA) is 44.4 Å². The second-order valence-electron chi connectivity index (χ2n) is 4.97. The first kappa shape index (κ1) is 12.3. The van der Waals surface area contributed by atoms with Gasteiger partial charge < -0.3 is 15.5 Å². The third-order valence-electron chi connectivity index (χ3n) is 3.75. The first-order valence-electron chi connectivity index (χ1n) is 6.38. The van der Waals surface area contributed by atoms with Crippen LogP contribution in [0.1, 0.15) is 18.0 Å². The molecule has 2 unspecified atom stereocenters. The average Bonchev–Trinajstić information content (AvgIpc) is 3.01. The molecule has 0 radical (unpaired) electrons. The van der Waals surface area contributed by atoms with Gasteiger partial charge in [0.25, 0.3) is 0 Å². The van der Waals surface area contributed by atoms with Crippen molar-refractivity contribution in [2.24, 2.45) is 0 Å². The predicted octanol–water partition coefficient (Wildman–Crippen LogP) is 1.39. The Morgan fingerprint density at radius 3 is 2.89 bits per heavy atom. The normalized spacial score (nSPS) is 26.8. The van der Waals surface area contributed by atoms with Crippen molar-refractivity contribution in [1.82, 2.24) is 15.5 Å². The molecule has 19 heavy (non-hydrogen) atoms. The van der Waals surface area contributed by atoms with Crippen LogP contribution < -0.4 is 10.6 Å². The number of amides is 2. The highest BCUT2D eigenvalue weighted by Gasteiger charge is 2.36. The van der Waals surface area contributed by atoms with E-state index in [2.05, 4.69) is 10.6 Å². The molecule has 2 N–H and O–H groups in total. The SMILES string of the molecule is O=C1NC(c2cc(F)ccc2F)CN1C1CCNC1. The summed E-state index contributed by atoms with van der Waals surface area (Å²) >= 11 is 0. The molecule has 4 nitrogen and oxygen atoms in total. The summed E-state index contributed by atoms with van der Waals surface area (Å²) in [6.07, 6.45) is 0.895. The highest BCUT2D eigenvalue weighted by atomic mass is 19.1. The van der Waals surface area contributed by atoms with Crippen molar-refractivity contribution >= 4 is 6.03 Å². The number of nitrogens with one attached hydrogen (secondary N) is 2. The number of urea groups is 1. The molecule has 1 aromatic carbocycles. The van der Waals surface area contributed by atoms with Crippen LogP contribution in [0.5, 0.6) is 0 Å². The maximum absolute atomic E-state index is 13.7. The van der Waals surface area contributed by atoms with Gasteiger partial charge in [0, 0.05) is 24.7 Å². The van der Waals surface area contributed by atoms with E-state index in [9.17, 15) is 13.6 Å². The fourth-order valence-corrected chi connectivity index (χ4v) is 2.74. The van der Waals surface area contributed by atoms with Crippen LogP contribution in [0.4, 0.5) is 13.6 Å². The van der Waals surface area contributed by atoms with Gasteiger partial charge in [-0.15, -0.1) is 0 Å². The molecule has 2 amide bonds. The van der Waals surface area contributed by atoms with Gasteiger partial charge in [-0.3, -0.25) is 0 Å². The van der Waals surface area contributed by atoms with E-state index >= 15 is 0 Å². The lowest BCUT2D eigenvalue weighted by Gasteiger charge is -2.21. The number of halogens is 2. The molecule has 1 aromatic rings. The zero-order chi connectivity index (χ0) is 13.4. The Labute approximate surface area is 109 Å². The van der Waals surface area contributed by atoms with Crippen LogP contribution in [0.3, 0.4) is 0 Å². The van der Waals surface area contributed by atoms with Crippen molar-refractivity contribution < 1.29 is 13.6 Å². The fourth-order valence-electron chi connectivity index (χ4n) is 2.74. The molecule has 2 fully saturated rings. The lowest BCUT2D eigenvalue weighted by atomic mass is 10.1. The first-order chi connectivity index (χ1) is 9.15. The number of benzene rings is 1. The molecular weight excluding hydrogens is 252 g/mol. The summed E-state index contributed by atoms with van der Waals surface area (Å²) in [5.74, 6) is -0.982. The van der Waals surface area contributed by atoms with E-state index in [-0.39, 0.29) is 17.6 Å². The minimum Gasteiger partial charge on any atom is -0.329 e. The summed E-state index contributed by atoms with van der Waals surface area (Å²) < 4.78 is 26.9. The largest absolute Gasteiger partial charge is 0.329 e. The van der Waals surface area contributed by atoms with Crippen LogP contribution in [0.15, 0.2) is 18.2 Å². The summed E-state index contributed by atoms with van der Waals surface area (Å²) in [4.78, 5) is 13.6. The maximum Gasteiger partial charge on any atom is 0.318 e. The zero-order valence-electron chi connectivity index (χ0n) is 10.3. The summed E-state index contributed by atoms with van der Waals surface area (Å²) in [6.45, 7) is 2.02. The van der Waals surface area contributed by atoms with Crippen molar-refractivity contribution in [3.63, 3.8) is 0 Å². The lowest BCUT2D eigenvalue weighted by Crippen LogP contribution is -2.39. The smallest absolute Gasteiger partial charge is 0.318 e. The van der Waals surface area contributed by atoms with Gasteiger partial charge in [-0.1, -0.05) is 0 Å². The Kier molecular flexibility index (Phi) is 3.10. The van der Waals surface area contributed by atoms with E-state index in [4.69, 9.17) is 0 Å². The molecule has 0 bridgehead atoms. The van der Waals surface area contributed by atoms with Crippen LogP contribution in [0, 0.1) is 11.6 Å². The molecule has 2 heterocycles. The van der Waals surface area contributed by atoms with E-state index in [1.165, 1.54) is 0 Å². The van der Waals surface area contributed by atoms with Crippen molar-refractivity contribution in [3.05, 3.63) is 35.4 Å². The first-order valence-corrected chi connectivity index (χ1v) is 6.38. The number of carbonyl (C=O) groups is 1. The third kappa shape index (κ3) is 2.28. The van der Waals surface area contributed by atoms with E-state index in [1.54, 1.807) is 4.90 Å². The van der Waals surface area contributed by atoms with Crippen LogP contribution in [0.2, 0.25) is 0 Å². The molecule has 0 spiro atoms. The minimum atomic E-state index is -0.494. The maximum atomic E-state index is 13.7. The summed E-state index contributed by atoms with van der Waals surface area (Å²) in [5.41, 5.74) is 0.210. The fraction of sp³-hybridized carbons (Fsp3) is 0.462. The number of hydrogen-bond acceptors (Lipinski definition) is 2. The summed E-state index contributed by atoms with van der Waals surface area (Å²) in [7, 11) is 0. The van der Waals surface area contributed by atoms with E-state index in [0.29, 0.717) is 6.54 Å². The molecule has 0 saturated carbocycles. The van der Waals surface area contributed by atoms with Crippen LogP contribution in [-0.4, -0.2) is 36.6 Å². The Balaban J connectivity index is 1.80. The van der Waals surface area contributed by atoms with Gasteiger partial charge in [0.15, 0.2) is 0 Å². The highest BCUT2D eigenvalue weighted by molar-refractivity contribution is 5.77. The molecule has 0 aliphatic carbocycles. The number of rotatable bonds is 2. The molecule has 3 rings (SSSR count). The molecule has 102 valence electrons. The second kappa shape index (κ2) is 4.77. The third-order valence-corrected chi connectivity index (χ3v) is 3.75. The molecule has 2 atom stereocenters. The van der Waals surface area contributed by atoms with Crippen molar-refractivity contribution in [2.45, 2.75) is 18.5 Å². The molecule has 2 aliphatic rings. The van der Waals surface area contributed by atoms with Crippen molar-refractivity contribution in [2.75, 3.05) is 19.6 Å². The van der Waals surface area contributed by atoms with Gasteiger partial charge in [-0.2, -0.15) is 0 Å². The Morgan fingerprint density at radius 2 is 2.16 bits per heavy atom. The van der Waals surface area contributed by atoms with Crippen LogP contribution in [0.25, 0.3) is 0 Å². The number of nitrogens with zero attached hydrogens (tertiary/aromatic N) is 1. The standard InChI is InChI=1S/C13H15F2N3O/c14-8-1-2-11(15)10(5-8)12-7-18(13(19)17-12)9-3-4-16-6-9/h1-2,5,9,12,16H,3-4,6-7H2,(H,17,19). The second-order valence-corrected chi connectivity index (χ2v) is 4.97. The van der Waals surface area contributed by atoms with Gasteiger partial charge in [-0.25, -0.2) is 13.6 Å². The van der Waals surface area contributed by atoms with Crippen molar-refractivity contribution in [3.8, 4) is 0 Å². The van der Waals surface area contributed by atoms with Gasteiger partial charge in [0.2, 0.25) is 0 Å². The molecule has 0 aromatic heterocycles. The van der Waals surface area contributed by atoms with E-state index < -0.39 is 17.7 Å². The quantitative estimate of drug-likeness (QED) is 0.850. The van der Waals surface area contributed by atoms with Crippen LogP contribution >= 0.6 is 0 Å². The van der Waals surface area contributed by atoms with Crippen molar-refractivity contribution in [1.29, 1.82) is 0 Å². The number of hydrogen-bond donors (Lipinski definition) is 2. The van der Waals surface area contributed by atoms with Gasteiger partial charge >= 0.3 is 6.03 Å². The van der Waals surface area contributed by atoms with Gasteiger partial charge in [0.1, 0.15) is 11.6 Å². The highest BCUT2D eigenvalue weighted by Crippen LogP contribution is 2.26. The van der Waals surface area contributed by atoms with Gasteiger partial charge in [-0.05, 0) is 31.2 Å². The molecule has 2 saturated heterocycles. The summed E-state index contributed by atoms with van der Waals surface area (Å²) in [5, 5.41) is 5.91.